The van der Waals surface area contributed by atoms with Crippen LogP contribution in [0, 0.1) is 0 Å². The van der Waals surface area contributed by atoms with Crippen molar-refractivity contribution >= 4 is 11.9 Å². The first-order valence-corrected chi connectivity index (χ1v) is 12.3. The van der Waals surface area contributed by atoms with E-state index < -0.39 is 0 Å². The Balaban J connectivity index is 0.976. The molecule has 1 atom stereocenters. The zero-order valence-corrected chi connectivity index (χ0v) is 19.6. The van der Waals surface area contributed by atoms with Crippen molar-refractivity contribution < 1.29 is 9.21 Å². The van der Waals surface area contributed by atoms with Gasteiger partial charge in [-0.25, -0.2) is 9.97 Å². The van der Waals surface area contributed by atoms with E-state index in [4.69, 9.17) is 9.40 Å². The second kappa shape index (κ2) is 8.51. The van der Waals surface area contributed by atoms with Crippen LogP contribution in [0.15, 0.2) is 34.9 Å². The van der Waals surface area contributed by atoms with Crippen LogP contribution in [0.4, 0.5) is 5.95 Å². The van der Waals surface area contributed by atoms with Crippen molar-refractivity contribution in [3.63, 3.8) is 0 Å². The highest BCUT2D eigenvalue weighted by Crippen LogP contribution is 2.33. The van der Waals surface area contributed by atoms with Gasteiger partial charge in [0, 0.05) is 43.2 Å². The van der Waals surface area contributed by atoms with E-state index in [2.05, 4.69) is 60.2 Å². The van der Waals surface area contributed by atoms with Gasteiger partial charge in [0.15, 0.2) is 0 Å². The molecule has 2 N–H and O–H groups in total. The first kappa shape index (κ1) is 21.2. The first-order chi connectivity index (χ1) is 17.7. The molecule has 11 nitrogen and oxygen atoms in total. The average molecular weight is 484 g/mol. The highest BCUT2D eigenvalue weighted by atomic mass is 16.4. The number of benzene rings is 1. The van der Waals surface area contributed by atoms with Gasteiger partial charge < -0.3 is 14.6 Å². The number of anilines is 1. The zero-order chi connectivity index (χ0) is 24.1. The molecule has 11 heteroatoms. The minimum absolute atomic E-state index is 0.0456. The summed E-state index contributed by atoms with van der Waals surface area (Å²) in [5.41, 5.74) is 6.72. The largest absolute Gasteiger partial charge is 0.424 e. The lowest BCUT2D eigenvalue weighted by atomic mass is 10.1. The van der Waals surface area contributed by atoms with E-state index in [-0.39, 0.29) is 18.2 Å². The van der Waals surface area contributed by atoms with Gasteiger partial charge in [-0.2, -0.15) is 0 Å². The second-order valence-corrected chi connectivity index (χ2v) is 9.80. The number of amides is 1. The Labute approximate surface area is 206 Å². The summed E-state index contributed by atoms with van der Waals surface area (Å²) in [4.78, 5) is 23.9. The summed E-state index contributed by atoms with van der Waals surface area (Å²) < 4.78 is 5.92. The van der Waals surface area contributed by atoms with E-state index in [1.807, 2.05) is 6.20 Å². The Morgan fingerprint density at radius 2 is 1.92 bits per heavy atom. The number of nitrogens with zero attached hydrogens (tertiary/aromatic N) is 7. The minimum Gasteiger partial charge on any atom is -0.424 e. The summed E-state index contributed by atoms with van der Waals surface area (Å²) >= 11 is 0. The molecule has 0 saturated heterocycles. The molecule has 0 bridgehead atoms. The molecule has 3 aliphatic rings. The van der Waals surface area contributed by atoms with E-state index in [1.165, 1.54) is 11.1 Å². The standard InChI is InChI=1S/C25H25N9O2/c35-23(34-6-5-19-21(13-34)30-33-29-19)11-22-31-32-24(36-22)16-7-17-12-26-25(28-20(17)10-16)27-18-8-14-3-1-2-4-15(14)9-18/h1-4,12,16,18H,5-11,13H2,(H,26,27,28)(H,29,30,33)/t16-/m1/s1. The molecule has 7 rings (SSSR count). The number of aromatic nitrogens is 7. The third kappa shape index (κ3) is 3.90. The van der Waals surface area contributed by atoms with Gasteiger partial charge in [-0.05, 0) is 36.0 Å². The summed E-state index contributed by atoms with van der Waals surface area (Å²) in [5, 5.41) is 22.6. The summed E-state index contributed by atoms with van der Waals surface area (Å²) in [6.07, 6.45) is 6.12. The smallest absolute Gasteiger partial charge is 0.232 e. The number of carbonyl (C=O) groups excluding carboxylic acids is 1. The molecule has 182 valence electrons. The number of hydrogen-bond acceptors (Lipinski definition) is 9. The lowest BCUT2D eigenvalue weighted by Crippen LogP contribution is -2.37. The molecule has 4 aromatic rings. The highest BCUT2D eigenvalue weighted by molar-refractivity contribution is 5.78. The molecule has 0 radical (unpaired) electrons. The molecule has 2 aliphatic carbocycles. The molecule has 36 heavy (non-hydrogen) atoms. The van der Waals surface area contributed by atoms with Gasteiger partial charge in [0.1, 0.15) is 6.42 Å². The highest BCUT2D eigenvalue weighted by Gasteiger charge is 2.31. The molecule has 0 unspecified atom stereocenters. The molecule has 0 spiro atoms. The molecule has 3 aromatic heterocycles. The van der Waals surface area contributed by atoms with Crippen LogP contribution >= 0.6 is 0 Å². The van der Waals surface area contributed by atoms with E-state index in [1.54, 1.807) is 4.90 Å². The van der Waals surface area contributed by atoms with Crippen molar-refractivity contribution in [2.24, 2.45) is 0 Å². The van der Waals surface area contributed by atoms with Crippen LogP contribution < -0.4 is 5.32 Å². The Morgan fingerprint density at radius 1 is 1.06 bits per heavy atom. The number of aromatic amines is 1. The van der Waals surface area contributed by atoms with Crippen molar-refractivity contribution in [3.8, 4) is 0 Å². The quantitative estimate of drug-likeness (QED) is 0.433. The predicted molar refractivity (Wildman–Crippen MR) is 127 cm³/mol. The van der Waals surface area contributed by atoms with Crippen molar-refractivity contribution in [1.29, 1.82) is 0 Å². The maximum absolute atomic E-state index is 12.8. The summed E-state index contributed by atoms with van der Waals surface area (Å²) in [6, 6.07) is 8.87. The molecule has 1 aliphatic heterocycles. The van der Waals surface area contributed by atoms with Crippen molar-refractivity contribution in [2.75, 3.05) is 11.9 Å². The Kier molecular flexibility index (Phi) is 5.00. The number of rotatable bonds is 5. The van der Waals surface area contributed by atoms with Gasteiger partial charge in [-0.15, -0.1) is 15.3 Å². The van der Waals surface area contributed by atoms with Gasteiger partial charge in [0.05, 0.1) is 17.9 Å². The van der Waals surface area contributed by atoms with Gasteiger partial charge in [0.25, 0.3) is 0 Å². The number of hydrogen-bond donors (Lipinski definition) is 2. The molecule has 0 fully saturated rings. The Bertz CT molecular complexity index is 1420. The maximum atomic E-state index is 12.8. The minimum atomic E-state index is -0.0456. The van der Waals surface area contributed by atoms with Crippen LogP contribution in [-0.2, 0) is 49.9 Å². The topological polar surface area (TPSA) is 139 Å². The molecule has 4 heterocycles. The molecular weight excluding hydrogens is 458 g/mol. The molecular formula is C25H25N9O2. The lowest BCUT2D eigenvalue weighted by molar-refractivity contribution is -0.131. The monoisotopic (exact) mass is 483 g/mol. The molecule has 0 saturated carbocycles. The SMILES string of the molecule is O=C(Cc1nnc([C@@H]2Cc3cnc(NC4Cc5ccccc5C4)nc3C2)o1)N1CCc2nn[nH]c2C1. The third-order valence-corrected chi connectivity index (χ3v) is 7.40. The van der Waals surface area contributed by atoms with E-state index >= 15 is 0 Å². The van der Waals surface area contributed by atoms with Crippen LogP contribution in [-0.4, -0.2) is 59.0 Å². The summed E-state index contributed by atoms with van der Waals surface area (Å²) in [7, 11) is 0. The fraction of sp³-hybridized carbons (Fsp3) is 0.400. The number of nitrogens with one attached hydrogen (secondary N) is 2. The fourth-order valence-electron chi connectivity index (χ4n) is 5.51. The van der Waals surface area contributed by atoms with Gasteiger partial charge in [-0.1, -0.05) is 29.5 Å². The average Bonchev–Trinajstić information content (AvgIpc) is 3.68. The Hall–Kier alpha value is -4.15. The normalized spacial score (nSPS) is 18.7. The van der Waals surface area contributed by atoms with Crippen LogP contribution in [0.25, 0.3) is 0 Å². The van der Waals surface area contributed by atoms with Crippen molar-refractivity contribution in [1.82, 2.24) is 40.5 Å². The number of carbonyl (C=O) groups is 1. The van der Waals surface area contributed by atoms with Gasteiger partial charge in [-0.3, -0.25) is 9.89 Å². The van der Waals surface area contributed by atoms with Crippen molar-refractivity contribution in [3.05, 3.63) is 76.0 Å². The summed E-state index contributed by atoms with van der Waals surface area (Å²) in [6.45, 7) is 1.08. The summed E-state index contributed by atoms with van der Waals surface area (Å²) in [5.74, 6) is 1.56. The van der Waals surface area contributed by atoms with E-state index in [0.717, 1.165) is 41.9 Å². The second-order valence-electron chi connectivity index (χ2n) is 9.80. The molecule has 1 amide bonds. The first-order valence-electron chi connectivity index (χ1n) is 12.3. The fourth-order valence-corrected chi connectivity index (χ4v) is 5.51. The predicted octanol–water partition coefficient (Wildman–Crippen LogP) is 1.57. The van der Waals surface area contributed by atoms with Gasteiger partial charge >= 0.3 is 0 Å². The van der Waals surface area contributed by atoms with E-state index in [0.29, 0.717) is 49.7 Å². The van der Waals surface area contributed by atoms with Crippen LogP contribution in [0.3, 0.4) is 0 Å². The van der Waals surface area contributed by atoms with Crippen molar-refractivity contribution in [2.45, 2.75) is 57.0 Å². The van der Waals surface area contributed by atoms with Crippen LogP contribution in [0.5, 0.6) is 0 Å². The Morgan fingerprint density at radius 3 is 2.78 bits per heavy atom. The number of fused-ring (bicyclic) bond motifs is 3. The lowest BCUT2D eigenvalue weighted by Gasteiger charge is -2.25. The van der Waals surface area contributed by atoms with Gasteiger partial charge in [0.2, 0.25) is 23.6 Å². The van der Waals surface area contributed by atoms with Crippen LogP contribution in [0.2, 0.25) is 0 Å². The van der Waals surface area contributed by atoms with E-state index in [9.17, 15) is 4.79 Å². The third-order valence-electron chi connectivity index (χ3n) is 7.40. The maximum Gasteiger partial charge on any atom is 0.232 e. The van der Waals surface area contributed by atoms with Crippen LogP contribution in [0.1, 0.15) is 51.5 Å². The number of H-pyrrole nitrogens is 1. The zero-order valence-electron chi connectivity index (χ0n) is 19.6. The molecule has 1 aromatic carbocycles.